The van der Waals surface area contributed by atoms with E-state index < -0.39 is 66.3 Å². The zero-order valence-corrected chi connectivity index (χ0v) is 36.0. The molecule has 0 spiro atoms. The molecule has 2 aromatic carbocycles. The number of rotatable bonds is 16. The van der Waals surface area contributed by atoms with Gasteiger partial charge in [-0.1, -0.05) is 48.5 Å². The van der Waals surface area contributed by atoms with Crippen LogP contribution in [0, 0.1) is 0 Å². The van der Waals surface area contributed by atoms with Crippen LogP contribution in [0.2, 0.25) is 5.28 Å². The zero-order valence-electron chi connectivity index (χ0n) is 34.5. The van der Waals surface area contributed by atoms with Gasteiger partial charge in [-0.3, -0.25) is 14.2 Å². The molecule has 2 unspecified atom stereocenters. The van der Waals surface area contributed by atoms with Gasteiger partial charge in [0.05, 0.1) is 13.4 Å². The van der Waals surface area contributed by atoms with Gasteiger partial charge >= 0.3 is 30.1 Å². The fourth-order valence-corrected chi connectivity index (χ4v) is 8.38. The number of anilines is 1. The van der Waals surface area contributed by atoms with E-state index in [9.17, 15) is 24.0 Å². The third-order valence-corrected chi connectivity index (χ3v) is 10.9. The number of carbonyl (C=O) groups excluding carboxylic acids is 5. The quantitative estimate of drug-likeness (QED) is 0.0557. The Morgan fingerprint density at radius 1 is 0.918 bits per heavy atom. The topological polar surface area (TPSA) is 220 Å². The first-order valence-corrected chi connectivity index (χ1v) is 21.0. The average Bonchev–Trinajstić information content (AvgIpc) is 3.87. The van der Waals surface area contributed by atoms with Crippen molar-refractivity contribution in [2.75, 3.05) is 43.6 Å². The molecule has 0 saturated carbocycles. The molecule has 3 N–H and O–H groups in total. The lowest BCUT2D eigenvalue weighted by Gasteiger charge is -2.24. The SMILES string of the molecule is COC(=O)C(CCSC[C@H]1O[C@@H](n2cnc3c(NCCNC(=O)OC(C)(C)C)nc(Cl)nc32)C(OC(C)=O)[C@@H]1OC(C)=O)NC(=O)OCC1c2ccccc2-c2ccccc21. The molecule has 2 amide bonds. The third-order valence-electron chi connectivity index (χ3n) is 9.60. The summed E-state index contributed by atoms with van der Waals surface area (Å²) >= 11 is 7.69. The number of amides is 2. The minimum atomic E-state index is -1.13. The summed E-state index contributed by atoms with van der Waals surface area (Å²) in [5, 5.41) is 8.25. The predicted octanol–water partition coefficient (Wildman–Crippen LogP) is 5.38. The van der Waals surface area contributed by atoms with Gasteiger partial charge in [0.15, 0.2) is 35.4 Å². The number of thioether (sulfide) groups is 1. The van der Waals surface area contributed by atoms with Crippen molar-refractivity contribution in [3.8, 4) is 11.1 Å². The van der Waals surface area contributed by atoms with Gasteiger partial charge in [0.2, 0.25) is 5.28 Å². The smallest absolute Gasteiger partial charge is 0.407 e. The van der Waals surface area contributed by atoms with Crippen molar-refractivity contribution in [1.29, 1.82) is 0 Å². The zero-order chi connectivity index (χ0) is 43.8. The largest absolute Gasteiger partial charge is 0.467 e. The molecule has 0 bridgehead atoms. The highest BCUT2D eigenvalue weighted by Gasteiger charge is 2.50. The summed E-state index contributed by atoms with van der Waals surface area (Å²) in [6.07, 6.45) is -3.86. The maximum atomic E-state index is 13.1. The molecule has 0 radical (unpaired) electrons. The van der Waals surface area contributed by atoms with Crippen LogP contribution in [0.1, 0.15) is 64.3 Å². The molecule has 61 heavy (non-hydrogen) atoms. The number of benzene rings is 2. The Hall–Kier alpha value is -5.66. The fourth-order valence-electron chi connectivity index (χ4n) is 7.15. The number of hydrogen-bond acceptors (Lipinski definition) is 16. The van der Waals surface area contributed by atoms with E-state index in [1.807, 2.05) is 48.5 Å². The van der Waals surface area contributed by atoms with Crippen LogP contribution in [0.5, 0.6) is 0 Å². The lowest BCUT2D eigenvalue weighted by atomic mass is 9.98. The van der Waals surface area contributed by atoms with Crippen molar-refractivity contribution in [3.05, 3.63) is 71.3 Å². The lowest BCUT2D eigenvalue weighted by Crippen LogP contribution is -2.42. The van der Waals surface area contributed by atoms with Crippen LogP contribution < -0.4 is 16.0 Å². The summed E-state index contributed by atoms with van der Waals surface area (Å²) in [6, 6.07) is 14.9. The van der Waals surface area contributed by atoms with Gasteiger partial charge in [0.1, 0.15) is 24.4 Å². The minimum absolute atomic E-state index is 0.0688. The highest BCUT2D eigenvalue weighted by atomic mass is 35.5. The maximum absolute atomic E-state index is 13.1. The van der Waals surface area contributed by atoms with Crippen LogP contribution in [-0.4, -0.2) is 118 Å². The Kier molecular flexibility index (Phi) is 14.6. The van der Waals surface area contributed by atoms with Gasteiger partial charge < -0.3 is 44.4 Å². The molecule has 6 rings (SSSR count). The first kappa shape index (κ1) is 44.9. The lowest BCUT2D eigenvalue weighted by molar-refractivity contribution is -0.165. The van der Waals surface area contributed by atoms with Crippen molar-refractivity contribution in [2.24, 2.45) is 0 Å². The van der Waals surface area contributed by atoms with Gasteiger partial charge in [0.25, 0.3) is 0 Å². The molecule has 2 aromatic heterocycles. The number of fused-ring (bicyclic) bond motifs is 4. The van der Waals surface area contributed by atoms with E-state index in [2.05, 4.69) is 30.9 Å². The Balaban J connectivity index is 1.09. The van der Waals surface area contributed by atoms with E-state index in [4.69, 9.17) is 40.0 Å². The fraction of sp³-hybridized carbons (Fsp3) is 0.463. The molecule has 3 heterocycles. The molecule has 1 saturated heterocycles. The van der Waals surface area contributed by atoms with Crippen LogP contribution >= 0.6 is 23.4 Å². The number of carbonyl (C=O) groups is 5. The van der Waals surface area contributed by atoms with Crippen LogP contribution in [0.4, 0.5) is 15.4 Å². The van der Waals surface area contributed by atoms with Crippen molar-refractivity contribution in [2.45, 2.75) is 83.1 Å². The monoisotopic (exact) mass is 881 g/mol. The summed E-state index contributed by atoms with van der Waals surface area (Å²) < 4.78 is 35.2. The first-order valence-electron chi connectivity index (χ1n) is 19.5. The normalized spacial score (nSPS) is 18.7. The number of esters is 3. The summed E-state index contributed by atoms with van der Waals surface area (Å²) in [5.74, 6) is -1.30. The molecule has 20 heteroatoms. The van der Waals surface area contributed by atoms with Crippen molar-refractivity contribution >= 4 is 70.4 Å². The number of halogens is 1. The number of alkyl carbamates (subject to hydrolysis) is 2. The number of nitrogens with one attached hydrogen (secondary N) is 3. The average molecular weight is 882 g/mol. The summed E-state index contributed by atoms with van der Waals surface area (Å²) in [7, 11) is 1.23. The van der Waals surface area contributed by atoms with Gasteiger partial charge in [-0.05, 0) is 66.8 Å². The Morgan fingerprint density at radius 2 is 1.57 bits per heavy atom. The molecular weight excluding hydrogens is 834 g/mol. The molecule has 326 valence electrons. The predicted molar refractivity (Wildman–Crippen MR) is 224 cm³/mol. The van der Waals surface area contributed by atoms with Crippen molar-refractivity contribution in [3.63, 3.8) is 0 Å². The maximum Gasteiger partial charge on any atom is 0.407 e. The molecular formula is C41H48ClN7O11S. The molecule has 1 aliphatic heterocycles. The van der Waals surface area contributed by atoms with Crippen LogP contribution in [-0.2, 0) is 42.8 Å². The highest BCUT2D eigenvalue weighted by molar-refractivity contribution is 7.99. The summed E-state index contributed by atoms with van der Waals surface area (Å²) in [6.45, 7) is 8.22. The highest BCUT2D eigenvalue weighted by Crippen LogP contribution is 2.44. The van der Waals surface area contributed by atoms with Gasteiger partial charge in [-0.25, -0.2) is 19.4 Å². The molecule has 1 aliphatic carbocycles. The van der Waals surface area contributed by atoms with E-state index in [-0.39, 0.29) is 54.5 Å². The van der Waals surface area contributed by atoms with Gasteiger partial charge in [-0.2, -0.15) is 21.7 Å². The Bertz CT molecular complexity index is 2210. The molecule has 1 fully saturated rings. The summed E-state index contributed by atoms with van der Waals surface area (Å²) in [4.78, 5) is 75.8. The van der Waals surface area contributed by atoms with Gasteiger partial charge in [-0.15, -0.1) is 0 Å². The second kappa shape index (κ2) is 19.8. The first-order chi connectivity index (χ1) is 29.1. The van der Waals surface area contributed by atoms with Gasteiger partial charge in [0, 0.05) is 38.6 Å². The minimum Gasteiger partial charge on any atom is -0.467 e. The third kappa shape index (κ3) is 11.2. The molecule has 5 atom stereocenters. The standard InChI is InChI=1S/C41H48ClN7O11S/c1-22(50)57-32-30(20-61-18-15-29(37(52)55-6)46-40(54)56-19-28-26-13-9-7-11-24(26)25-12-8-10-14-27(25)28)59-36(33(32)58-23(2)51)49-21-45-31-34(47-38(42)48-35(31)49)43-16-17-44-39(53)60-41(3,4)5/h7-14,21,28-30,32-33,36H,15-20H2,1-6H3,(H,44,53)(H,46,54)(H,43,47,48)/t29?,30-,32-,33?,36-/m1/s1. The molecule has 4 aromatic rings. The Labute approximate surface area is 361 Å². The number of methoxy groups -OCH3 is 1. The van der Waals surface area contributed by atoms with Crippen LogP contribution in [0.3, 0.4) is 0 Å². The molecule has 18 nitrogen and oxygen atoms in total. The van der Waals surface area contributed by atoms with E-state index in [0.717, 1.165) is 22.3 Å². The summed E-state index contributed by atoms with van der Waals surface area (Å²) in [5.41, 5.74) is 4.15. The van der Waals surface area contributed by atoms with Crippen molar-refractivity contribution < 1.29 is 52.4 Å². The number of nitrogens with zero attached hydrogens (tertiary/aromatic N) is 4. The van der Waals surface area contributed by atoms with E-state index in [1.165, 1.54) is 43.6 Å². The van der Waals surface area contributed by atoms with E-state index in [0.29, 0.717) is 11.3 Å². The number of ether oxygens (including phenoxy) is 6. The van der Waals surface area contributed by atoms with Crippen molar-refractivity contribution in [1.82, 2.24) is 30.2 Å². The second-order valence-electron chi connectivity index (χ2n) is 15.1. The molecule has 2 aliphatic rings. The van der Waals surface area contributed by atoms with E-state index in [1.54, 1.807) is 20.8 Å². The Morgan fingerprint density at radius 3 is 2.21 bits per heavy atom. The van der Waals surface area contributed by atoms with Crippen LogP contribution in [0.15, 0.2) is 54.9 Å². The number of hydrogen-bond donors (Lipinski definition) is 3. The second-order valence-corrected chi connectivity index (χ2v) is 16.6. The van der Waals surface area contributed by atoms with Crippen LogP contribution in [0.25, 0.3) is 22.3 Å². The number of aromatic nitrogens is 4. The van der Waals surface area contributed by atoms with E-state index >= 15 is 0 Å². The number of imidazole rings is 1.